The zero-order valence-corrected chi connectivity index (χ0v) is 14.2. The van der Waals surface area contributed by atoms with Crippen molar-refractivity contribution in [1.82, 2.24) is 4.57 Å². The van der Waals surface area contributed by atoms with Gasteiger partial charge in [0.25, 0.3) is 0 Å². The highest BCUT2D eigenvalue weighted by atomic mass is 16.3. The number of aliphatic hydroxyl groups is 1. The normalized spacial score (nSPS) is 18.0. The number of quaternary nitrogens is 1. The Balaban J connectivity index is 1.60. The molecule has 2 heterocycles. The van der Waals surface area contributed by atoms with Gasteiger partial charge in [0.2, 0.25) is 0 Å². The average Bonchev–Trinajstić information content (AvgIpc) is 2.76. The largest absolute Gasteiger partial charge is 0.385 e. The van der Waals surface area contributed by atoms with Gasteiger partial charge in [-0.15, -0.1) is 0 Å². The first-order valence-electron chi connectivity index (χ1n) is 9.30. The van der Waals surface area contributed by atoms with Crippen molar-refractivity contribution in [2.45, 2.75) is 38.3 Å². The van der Waals surface area contributed by atoms with Crippen molar-refractivity contribution in [1.29, 1.82) is 0 Å². The van der Waals surface area contributed by atoms with Crippen LogP contribution in [0.1, 0.15) is 25.7 Å². The molecule has 1 aromatic heterocycles. The van der Waals surface area contributed by atoms with Gasteiger partial charge in [-0.3, -0.25) is 0 Å². The number of hydrogen-bond acceptors (Lipinski definition) is 1. The summed E-state index contributed by atoms with van der Waals surface area (Å²) < 4.78 is 2.30. The van der Waals surface area contributed by atoms with Crippen molar-refractivity contribution in [2.75, 3.05) is 19.6 Å². The summed E-state index contributed by atoms with van der Waals surface area (Å²) in [6.45, 7) is 3.97. The number of likely N-dealkylation sites (tertiary alicyclic amines) is 1. The van der Waals surface area contributed by atoms with E-state index in [1.165, 1.54) is 60.6 Å². The number of hydrogen-bond donors (Lipinski definition) is 2. The molecule has 2 aromatic carbocycles. The molecule has 1 aliphatic rings. The topological polar surface area (TPSA) is 29.6 Å². The molecule has 1 atom stereocenters. The van der Waals surface area contributed by atoms with E-state index >= 15 is 0 Å². The number of aliphatic hydroxyl groups excluding tert-OH is 1. The van der Waals surface area contributed by atoms with Gasteiger partial charge in [-0.05, 0) is 37.8 Å². The van der Waals surface area contributed by atoms with Gasteiger partial charge in [-0.25, -0.2) is 0 Å². The summed E-state index contributed by atoms with van der Waals surface area (Å²) in [4.78, 5) is 1.57. The summed E-state index contributed by atoms with van der Waals surface area (Å²) in [6, 6.07) is 17.1. The maximum absolute atomic E-state index is 10.7. The van der Waals surface area contributed by atoms with E-state index in [9.17, 15) is 5.11 Å². The SMILES string of the molecule is O[C@H](Cn1c2ccccc2c2ccccc21)C[NH+]1CCCCCC1. The van der Waals surface area contributed by atoms with E-state index < -0.39 is 0 Å². The second kappa shape index (κ2) is 6.96. The van der Waals surface area contributed by atoms with E-state index in [1.54, 1.807) is 4.90 Å². The quantitative estimate of drug-likeness (QED) is 0.759. The molecule has 3 heteroatoms. The van der Waals surface area contributed by atoms with E-state index in [1.807, 2.05) is 0 Å². The molecule has 2 N–H and O–H groups in total. The first kappa shape index (κ1) is 15.7. The van der Waals surface area contributed by atoms with Crippen molar-refractivity contribution >= 4 is 21.8 Å². The lowest BCUT2D eigenvalue weighted by atomic mass is 10.2. The Morgan fingerprint density at radius 3 is 1.96 bits per heavy atom. The lowest BCUT2D eigenvalue weighted by Gasteiger charge is -2.21. The molecule has 0 bridgehead atoms. The standard InChI is InChI=1S/C21H26N2O/c24-17(15-22-13-7-1-2-8-14-22)16-23-20-11-5-3-9-18(20)19-10-4-6-12-21(19)23/h3-6,9-12,17,24H,1-2,7-8,13-16H2/p+1/t17-/m0/s1. The van der Waals surface area contributed by atoms with Crippen molar-refractivity contribution < 1.29 is 10.0 Å². The van der Waals surface area contributed by atoms with Gasteiger partial charge < -0.3 is 14.6 Å². The van der Waals surface area contributed by atoms with E-state index in [2.05, 4.69) is 53.1 Å². The van der Waals surface area contributed by atoms with E-state index in [0.29, 0.717) is 6.54 Å². The van der Waals surface area contributed by atoms with Crippen LogP contribution in [-0.4, -0.2) is 35.4 Å². The molecule has 1 saturated heterocycles. The summed E-state index contributed by atoms with van der Waals surface area (Å²) in [5.74, 6) is 0. The predicted octanol–water partition coefficient (Wildman–Crippen LogP) is 2.61. The van der Waals surface area contributed by atoms with Gasteiger partial charge in [0, 0.05) is 21.8 Å². The third-order valence-electron chi connectivity index (χ3n) is 5.41. The Morgan fingerprint density at radius 1 is 0.833 bits per heavy atom. The van der Waals surface area contributed by atoms with Crippen LogP contribution in [0.3, 0.4) is 0 Å². The summed E-state index contributed by atoms with van der Waals surface area (Å²) in [5, 5.41) is 13.3. The van der Waals surface area contributed by atoms with Crippen LogP contribution >= 0.6 is 0 Å². The maximum atomic E-state index is 10.7. The Labute approximate surface area is 143 Å². The van der Waals surface area contributed by atoms with Gasteiger partial charge in [0.05, 0.1) is 19.6 Å². The monoisotopic (exact) mass is 323 g/mol. The third kappa shape index (κ3) is 3.06. The number of aromatic nitrogens is 1. The van der Waals surface area contributed by atoms with Crippen molar-refractivity contribution in [3.05, 3.63) is 48.5 Å². The lowest BCUT2D eigenvalue weighted by molar-refractivity contribution is -0.902. The molecule has 4 rings (SSSR count). The van der Waals surface area contributed by atoms with Crippen molar-refractivity contribution in [3.63, 3.8) is 0 Å². The lowest BCUT2D eigenvalue weighted by Crippen LogP contribution is -3.13. The summed E-state index contributed by atoms with van der Waals surface area (Å²) >= 11 is 0. The molecule has 1 fully saturated rings. The van der Waals surface area contributed by atoms with Gasteiger partial charge >= 0.3 is 0 Å². The minimum Gasteiger partial charge on any atom is -0.385 e. The second-order valence-electron chi connectivity index (χ2n) is 7.17. The molecule has 24 heavy (non-hydrogen) atoms. The zero-order valence-electron chi connectivity index (χ0n) is 14.2. The zero-order chi connectivity index (χ0) is 16.4. The summed E-state index contributed by atoms with van der Waals surface area (Å²) in [5.41, 5.74) is 2.45. The number of nitrogens with zero attached hydrogens (tertiary/aromatic N) is 1. The number of benzene rings is 2. The third-order valence-corrected chi connectivity index (χ3v) is 5.41. The van der Waals surface area contributed by atoms with Crippen LogP contribution in [0.25, 0.3) is 21.8 Å². The van der Waals surface area contributed by atoms with Crippen LogP contribution in [0.4, 0.5) is 0 Å². The fraction of sp³-hybridized carbons (Fsp3) is 0.429. The van der Waals surface area contributed by atoms with Crippen LogP contribution < -0.4 is 4.90 Å². The molecule has 1 aliphatic heterocycles. The van der Waals surface area contributed by atoms with Crippen molar-refractivity contribution in [3.8, 4) is 0 Å². The van der Waals surface area contributed by atoms with Gasteiger partial charge in [-0.1, -0.05) is 36.4 Å². The highest BCUT2D eigenvalue weighted by Crippen LogP contribution is 2.28. The Hall–Kier alpha value is -1.84. The predicted molar refractivity (Wildman–Crippen MR) is 99.5 cm³/mol. The molecule has 0 saturated carbocycles. The maximum Gasteiger partial charge on any atom is 0.121 e. The van der Waals surface area contributed by atoms with Gasteiger partial charge in [0.1, 0.15) is 12.6 Å². The molecule has 0 radical (unpaired) electrons. The fourth-order valence-corrected chi connectivity index (χ4v) is 4.24. The number of para-hydroxylation sites is 2. The van der Waals surface area contributed by atoms with Crippen LogP contribution in [0.5, 0.6) is 0 Å². The van der Waals surface area contributed by atoms with Crippen LogP contribution in [0.2, 0.25) is 0 Å². The number of fused-ring (bicyclic) bond motifs is 3. The van der Waals surface area contributed by atoms with Gasteiger partial charge in [-0.2, -0.15) is 0 Å². The highest BCUT2D eigenvalue weighted by molar-refractivity contribution is 6.07. The fourth-order valence-electron chi connectivity index (χ4n) is 4.24. The minimum absolute atomic E-state index is 0.294. The number of rotatable bonds is 4. The van der Waals surface area contributed by atoms with Crippen LogP contribution in [0.15, 0.2) is 48.5 Å². The van der Waals surface area contributed by atoms with Crippen molar-refractivity contribution in [2.24, 2.45) is 0 Å². The Morgan fingerprint density at radius 2 is 1.38 bits per heavy atom. The van der Waals surface area contributed by atoms with E-state index in [0.717, 1.165) is 6.54 Å². The molecular weight excluding hydrogens is 296 g/mol. The first-order chi connectivity index (χ1) is 11.8. The smallest absolute Gasteiger partial charge is 0.121 e. The van der Waals surface area contributed by atoms with E-state index in [4.69, 9.17) is 0 Å². The molecule has 0 unspecified atom stereocenters. The molecule has 0 amide bonds. The van der Waals surface area contributed by atoms with E-state index in [-0.39, 0.29) is 6.10 Å². The molecule has 3 aromatic rings. The molecule has 0 spiro atoms. The number of nitrogens with one attached hydrogen (secondary N) is 1. The second-order valence-corrected chi connectivity index (χ2v) is 7.17. The van der Waals surface area contributed by atoms with Crippen LogP contribution in [0, 0.1) is 0 Å². The molecular formula is C21H27N2O+. The summed E-state index contributed by atoms with van der Waals surface area (Å²) in [7, 11) is 0. The highest BCUT2D eigenvalue weighted by Gasteiger charge is 2.19. The van der Waals surface area contributed by atoms with Gasteiger partial charge in [0.15, 0.2) is 0 Å². The molecule has 3 nitrogen and oxygen atoms in total. The minimum atomic E-state index is -0.294. The Kier molecular flexibility index (Phi) is 4.54. The first-order valence-corrected chi connectivity index (χ1v) is 9.30. The molecule has 126 valence electrons. The Bertz CT molecular complexity index is 762. The summed E-state index contributed by atoms with van der Waals surface area (Å²) in [6.07, 6.45) is 5.02. The molecule has 0 aliphatic carbocycles. The van der Waals surface area contributed by atoms with Crippen LogP contribution in [-0.2, 0) is 6.54 Å². The average molecular weight is 323 g/mol.